The first kappa shape index (κ1) is 25.7. The molecule has 0 aliphatic carbocycles. The molecule has 0 atom stereocenters. The Bertz CT molecular complexity index is 2110. The summed E-state index contributed by atoms with van der Waals surface area (Å²) < 4.78 is 0. The molecule has 0 unspecified atom stereocenters. The molecule has 1 aromatic heterocycles. The Morgan fingerprint density at radius 3 is 1.74 bits per heavy atom. The van der Waals surface area contributed by atoms with E-state index in [1.807, 2.05) is 79.0 Å². The molecule has 0 amide bonds. The van der Waals surface area contributed by atoms with Crippen molar-refractivity contribution in [2.24, 2.45) is 4.99 Å². The molecular formula is C38H26ClN3. The largest absolute Gasteiger partial charge is 0.345 e. The number of fused-ring (bicyclic) bond motifs is 2. The van der Waals surface area contributed by atoms with Crippen molar-refractivity contribution in [3.05, 3.63) is 162 Å². The number of nitrogens with one attached hydrogen (secondary N) is 2. The molecule has 7 aromatic rings. The number of halogens is 1. The van der Waals surface area contributed by atoms with Crippen LogP contribution in [-0.2, 0) is 0 Å². The van der Waals surface area contributed by atoms with Crippen molar-refractivity contribution in [2.75, 3.05) is 0 Å². The molecule has 0 fully saturated rings. The summed E-state index contributed by atoms with van der Waals surface area (Å²) in [4.78, 5) is 8.20. The quantitative estimate of drug-likeness (QED) is 0.122. The molecule has 0 aliphatic heterocycles. The summed E-state index contributed by atoms with van der Waals surface area (Å²) in [6.07, 6.45) is 1.95. The lowest BCUT2D eigenvalue weighted by atomic mass is 9.91. The van der Waals surface area contributed by atoms with E-state index >= 15 is 0 Å². The van der Waals surface area contributed by atoms with E-state index in [9.17, 15) is 0 Å². The number of aromatic nitrogens is 1. The zero-order chi connectivity index (χ0) is 28.5. The summed E-state index contributed by atoms with van der Waals surface area (Å²) in [5.74, 6) is 0.181. The van der Waals surface area contributed by atoms with Gasteiger partial charge in [-0.05, 0) is 50.7 Å². The Kier molecular flexibility index (Phi) is 6.71. The standard InChI is InChI=1S/C38H26ClN3/c39-36-32-20-9-7-18-30(32)35(31-19-8-10-21-33(31)36)27-16-11-17-28(22-27)37(40)42-38-34(26-14-5-2-6-15-26)23-29(24-41-38)25-12-3-1-4-13-25/h1-24H,(H2,40,41,42). The highest BCUT2D eigenvalue weighted by Gasteiger charge is 2.15. The van der Waals surface area contributed by atoms with Crippen LogP contribution in [0.25, 0.3) is 54.9 Å². The molecule has 6 aromatic carbocycles. The van der Waals surface area contributed by atoms with E-state index < -0.39 is 0 Å². The van der Waals surface area contributed by atoms with E-state index in [1.54, 1.807) is 0 Å². The maximum atomic E-state index is 9.06. The van der Waals surface area contributed by atoms with Crippen LogP contribution in [0, 0.1) is 5.41 Å². The Balaban J connectivity index is 1.37. The van der Waals surface area contributed by atoms with E-state index in [0.717, 1.165) is 65.5 Å². The molecule has 42 heavy (non-hydrogen) atoms. The van der Waals surface area contributed by atoms with Crippen LogP contribution in [-0.4, -0.2) is 10.8 Å². The fourth-order valence-electron chi connectivity index (χ4n) is 5.60. The Hall–Kier alpha value is -5.25. The lowest BCUT2D eigenvalue weighted by molar-refractivity contribution is 1.16. The van der Waals surface area contributed by atoms with Crippen molar-refractivity contribution in [3.8, 4) is 33.4 Å². The van der Waals surface area contributed by atoms with Gasteiger partial charge in [0.05, 0.1) is 5.02 Å². The highest BCUT2D eigenvalue weighted by molar-refractivity contribution is 6.42. The topological polar surface area (TPSA) is 52.0 Å². The normalized spacial score (nSPS) is 11.7. The second-order valence-electron chi connectivity index (χ2n) is 10.2. The van der Waals surface area contributed by atoms with Gasteiger partial charge in [-0.25, -0.2) is 4.99 Å². The maximum absolute atomic E-state index is 9.06. The van der Waals surface area contributed by atoms with Crippen molar-refractivity contribution in [3.63, 3.8) is 0 Å². The number of H-pyrrole nitrogens is 1. The van der Waals surface area contributed by atoms with E-state index in [0.29, 0.717) is 5.49 Å². The smallest absolute Gasteiger partial charge is 0.154 e. The van der Waals surface area contributed by atoms with Crippen molar-refractivity contribution in [1.82, 2.24) is 4.98 Å². The summed E-state index contributed by atoms with van der Waals surface area (Å²) >= 11 is 6.87. The molecule has 3 nitrogen and oxygen atoms in total. The van der Waals surface area contributed by atoms with E-state index in [-0.39, 0.29) is 5.84 Å². The van der Waals surface area contributed by atoms with Crippen molar-refractivity contribution >= 4 is 39.0 Å². The summed E-state index contributed by atoms with van der Waals surface area (Å²) in [5, 5.41) is 14.0. The van der Waals surface area contributed by atoms with E-state index in [4.69, 9.17) is 22.0 Å². The first-order valence-corrected chi connectivity index (χ1v) is 14.2. The summed E-state index contributed by atoms with van der Waals surface area (Å²) in [5.41, 5.74) is 7.63. The van der Waals surface area contributed by atoms with Gasteiger partial charge in [0.25, 0.3) is 0 Å². The minimum atomic E-state index is 0.181. The monoisotopic (exact) mass is 559 g/mol. The molecule has 0 spiro atoms. The zero-order valence-electron chi connectivity index (χ0n) is 22.7. The number of rotatable bonds is 4. The molecule has 0 saturated carbocycles. The van der Waals surface area contributed by atoms with Crippen LogP contribution in [0.4, 0.5) is 0 Å². The lowest BCUT2D eigenvalue weighted by Crippen LogP contribution is -2.14. The lowest BCUT2D eigenvalue weighted by Gasteiger charge is -2.15. The average Bonchev–Trinajstić information content (AvgIpc) is 3.06. The average molecular weight is 560 g/mol. The highest BCUT2D eigenvalue weighted by atomic mass is 35.5. The molecular weight excluding hydrogens is 534 g/mol. The second-order valence-corrected chi connectivity index (χ2v) is 10.6. The van der Waals surface area contributed by atoms with Gasteiger partial charge in [0.15, 0.2) is 5.84 Å². The van der Waals surface area contributed by atoms with Gasteiger partial charge in [-0.3, -0.25) is 5.41 Å². The minimum absolute atomic E-state index is 0.181. The molecule has 2 N–H and O–H groups in total. The zero-order valence-corrected chi connectivity index (χ0v) is 23.4. The van der Waals surface area contributed by atoms with Gasteiger partial charge in [-0.2, -0.15) is 0 Å². The van der Waals surface area contributed by atoms with Gasteiger partial charge in [0.1, 0.15) is 5.49 Å². The molecule has 0 bridgehead atoms. The Morgan fingerprint density at radius 2 is 1.10 bits per heavy atom. The highest BCUT2D eigenvalue weighted by Crippen LogP contribution is 2.41. The van der Waals surface area contributed by atoms with E-state index in [2.05, 4.69) is 71.7 Å². The molecule has 0 saturated heterocycles. The number of aromatic amines is 1. The first-order chi connectivity index (χ1) is 20.7. The summed E-state index contributed by atoms with van der Waals surface area (Å²) in [6.45, 7) is 0. The third-order valence-corrected chi connectivity index (χ3v) is 8.03. The predicted octanol–water partition coefficient (Wildman–Crippen LogP) is 9.90. The fraction of sp³-hybridized carbons (Fsp3) is 0. The van der Waals surface area contributed by atoms with Crippen LogP contribution < -0.4 is 5.49 Å². The van der Waals surface area contributed by atoms with Crippen LogP contribution in [0.5, 0.6) is 0 Å². The Morgan fingerprint density at radius 1 is 0.548 bits per heavy atom. The third kappa shape index (κ3) is 4.70. The Labute approximate surface area is 248 Å². The van der Waals surface area contributed by atoms with Crippen LogP contribution in [0.2, 0.25) is 5.02 Å². The third-order valence-electron chi connectivity index (χ3n) is 7.63. The summed E-state index contributed by atoms with van der Waals surface area (Å²) in [7, 11) is 0. The van der Waals surface area contributed by atoms with Crippen LogP contribution in [0.1, 0.15) is 5.56 Å². The number of pyridine rings is 1. The molecule has 7 rings (SSSR count). The van der Waals surface area contributed by atoms with Gasteiger partial charge in [0, 0.05) is 28.1 Å². The first-order valence-electron chi connectivity index (χ1n) is 13.8. The molecule has 0 aliphatic rings. The minimum Gasteiger partial charge on any atom is -0.345 e. The van der Waals surface area contributed by atoms with Gasteiger partial charge < -0.3 is 4.98 Å². The van der Waals surface area contributed by atoms with Crippen molar-refractivity contribution < 1.29 is 0 Å². The molecule has 1 heterocycles. The molecule has 0 radical (unpaired) electrons. The fourth-order valence-corrected chi connectivity index (χ4v) is 5.93. The molecule has 4 heteroatoms. The van der Waals surface area contributed by atoms with Gasteiger partial charge in [0.2, 0.25) is 0 Å². The number of hydrogen-bond donors (Lipinski definition) is 2. The van der Waals surface area contributed by atoms with Crippen LogP contribution in [0.15, 0.2) is 151 Å². The van der Waals surface area contributed by atoms with Crippen LogP contribution in [0.3, 0.4) is 0 Å². The molecule has 200 valence electrons. The van der Waals surface area contributed by atoms with E-state index in [1.165, 1.54) is 0 Å². The second kappa shape index (κ2) is 11.0. The van der Waals surface area contributed by atoms with Crippen LogP contribution >= 0.6 is 11.6 Å². The maximum Gasteiger partial charge on any atom is 0.154 e. The van der Waals surface area contributed by atoms with Gasteiger partial charge >= 0.3 is 0 Å². The number of benzene rings is 6. The number of hydrogen-bond acceptors (Lipinski definition) is 1. The van der Waals surface area contributed by atoms with Gasteiger partial charge in [-0.15, -0.1) is 0 Å². The summed E-state index contributed by atoms with van der Waals surface area (Å²) in [6, 6.07) is 47.1. The number of nitrogens with zero attached hydrogens (tertiary/aromatic N) is 1. The SMILES string of the molecule is N=C(/N=c1\[nH]cc(-c2ccccc2)cc1-c1ccccc1)c1cccc(-c2c3ccccc3c(Cl)c3ccccc23)c1. The predicted molar refractivity (Wildman–Crippen MR) is 176 cm³/mol. The number of amidine groups is 1. The van der Waals surface area contributed by atoms with Gasteiger partial charge in [-0.1, -0.05) is 139 Å². The van der Waals surface area contributed by atoms with Crippen molar-refractivity contribution in [2.45, 2.75) is 0 Å². The van der Waals surface area contributed by atoms with Crippen molar-refractivity contribution in [1.29, 1.82) is 5.41 Å².